The van der Waals surface area contributed by atoms with E-state index in [0.29, 0.717) is 18.6 Å². The normalized spacial score (nSPS) is 24.0. The number of piperidine rings is 1. The summed E-state index contributed by atoms with van der Waals surface area (Å²) in [5.74, 6) is 0.219. The summed E-state index contributed by atoms with van der Waals surface area (Å²) in [4.78, 5) is 17.1. The average molecular weight is 360 g/mol. The molecular formula is C17H27Cl2N3O. The number of halogens is 2. The minimum absolute atomic E-state index is 0. The van der Waals surface area contributed by atoms with Crippen molar-refractivity contribution in [1.29, 1.82) is 0 Å². The van der Waals surface area contributed by atoms with Crippen molar-refractivity contribution in [2.75, 3.05) is 31.5 Å². The SMILES string of the molecule is CC1CN2CCCCC2CN1C(=O)CNc1ccccc1.Cl.Cl. The van der Waals surface area contributed by atoms with Gasteiger partial charge in [0.1, 0.15) is 0 Å². The predicted molar refractivity (Wildman–Crippen MR) is 99.8 cm³/mol. The lowest BCUT2D eigenvalue weighted by atomic mass is 9.97. The lowest BCUT2D eigenvalue weighted by Gasteiger charge is -2.47. The quantitative estimate of drug-likeness (QED) is 0.900. The highest BCUT2D eigenvalue weighted by molar-refractivity contribution is 5.85. The third-order valence-electron chi connectivity index (χ3n) is 4.73. The van der Waals surface area contributed by atoms with E-state index >= 15 is 0 Å². The number of carbonyl (C=O) groups is 1. The Labute approximate surface area is 151 Å². The van der Waals surface area contributed by atoms with Crippen molar-refractivity contribution in [3.8, 4) is 0 Å². The Morgan fingerprint density at radius 1 is 1.17 bits per heavy atom. The molecule has 2 heterocycles. The van der Waals surface area contributed by atoms with Gasteiger partial charge in [-0.15, -0.1) is 24.8 Å². The van der Waals surface area contributed by atoms with Crippen LogP contribution in [-0.4, -0.2) is 54.0 Å². The minimum Gasteiger partial charge on any atom is -0.376 e. The van der Waals surface area contributed by atoms with Crippen molar-refractivity contribution in [2.45, 2.75) is 38.3 Å². The Kier molecular flexibility index (Phi) is 8.17. The van der Waals surface area contributed by atoms with Gasteiger partial charge in [0.25, 0.3) is 0 Å². The molecule has 1 amide bonds. The number of benzene rings is 1. The second-order valence-corrected chi connectivity index (χ2v) is 6.26. The first-order valence-corrected chi connectivity index (χ1v) is 8.06. The average Bonchev–Trinajstić information content (AvgIpc) is 2.53. The molecule has 2 aliphatic rings. The predicted octanol–water partition coefficient (Wildman–Crippen LogP) is 3.03. The van der Waals surface area contributed by atoms with E-state index in [1.807, 2.05) is 30.3 Å². The van der Waals surface area contributed by atoms with Gasteiger partial charge in [0.05, 0.1) is 6.54 Å². The topological polar surface area (TPSA) is 35.6 Å². The fourth-order valence-corrected chi connectivity index (χ4v) is 3.53. The molecule has 2 aliphatic heterocycles. The molecule has 0 radical (unpaired) electrons. The summed E-state index contributed by atoms with van der Waals surface area (Å²) in [7, 11) is 0. The number of fused-ring (bicyclic) bond motifs is 1. The van der Waals surface area contributed by atoms with E-state index in [2.05, 4.69) is 22.0 Å². The largest absolute Gasteiger partial charge is 0.376 e. The second-order valence-electron chi connectivity index (χ2n) is 6.26. The first-order valence-electron chi connectivity index (χ1n) is 8.06. The summed E-state index contributed by atoms with van der Waals surface area (Å²) >= 11 is 0. The second kappa shape index (κ2) is 9.36. The van der Waals surface area contributed by atoms with Gasteiger partial charge < -0.3 is 10.2 Å². The fourth-order valence-electron chi connectivity index (χ4n) is 3.53. The van der Waals surface area contributed by atoms with Gasteiger partial charge in [0.2, 0.25) is 5.91 Å². The van der Waals surface area contributed by atoms with Gasteiger partial charge in [-0.05, 0) is 38.4 Å². The highest BCUT2D eigenvalue weighted by Gasteiger charge is 2.34. The summed E-state index contributed by atoms with van der Waals surface area (Å²) in [5.41, 5.74) is 1.01. The van der Waals surface area contributed by atoms with Gasteiger partial charge >= 0.3 is 0 Å². The van der Waals surface area contributed by atoms with Crippen LogP contribution in [0.2, 0.25) is 0 Å². The number of hydrogen-bond acceptors (Lipinski definition) is 3. The van der Waals surface area contributed by atoms with Crippen LogP contribution in [0.25, 0.3) is 0 Å². The summed E-state index contributed by atoms with van der Waals surface area (Å²) in [5, 5.41) is 3.23. The molecule has 6 heteroatoms. The molecule has 23 heavy (non-hydrogen) atoms. The summed E-state index contributed by atoms with van der Waals surface area (Å²) in [6.45, 7) is 5.70. The van der Waals surface area contributed by atoms with Crippen LogP contribution in [0.1, 0.15) is 26.2 Å². The van der Waals surface area contributed by atoms with E-state index in [0.717, 1.165) is 18.8 Å². The Hall–Kier alpha value is -0.970. The van der Waals surface area contributed by atoms with Crippen LogP contribution in [0.5, 0.6) is 0 Å². The molecule has 1 N–H and O–H groups in total. The van der Waals surface area contributed by atoms with Crippen molar-refractivity contribution in [2.24, 2.45) is 0 Å². The first-order chi connectivity index (χ1) is 10.2. The zero-order chi connectivity index (χ0) is 14.7. The summed E-state index contributed by atoms with van der Waals surface area (Å²) in [6, 6.07) is 10.8. The molecule has 1 aromatic rings. The molecule has 0 spiro atoms. The molecule has 1 aromatic carbocycles. The zero-order valence-corrected chi connectivity index (χ0v) is 15.2. The van der Waals surface area contributed by atoms with Crippen molar-refractivity contribution >= 4 is 36.4 Å². The van der Waals surface area contributed by atoms with Crippen LogP contribution >= 0.6 is 24.8 Å². The number of hydrogen-bond donors (Lipinski definition) is 1. The Bertz CT molecular complexity index is 486. The number of carbonyl (C=O) groups excluding carboxylic acids is 1. The number of rotatable bonds is 3. The molecule has 0 bridgehead atoms. The number of para-hydroxylation sites is 1. The van der Waals surface area contributed by atoms with Crippen molar-refractivity contribution < 1.29 is 4.79 Å². The molecule has 3 rings (SSSR count). The molecule has 130 valence electrons. The van der Waals surface area contributed by atoms with E-state index < -0.39 is 0 Å². The summed E-state index contributed by atoms with van der Waals surface area (Å²) in [6.07, 6.45) is 3.86. The molecule has 0 aliphatic carbocycles. The lowest BCUT2D eigenvalue weighted by molar-refractivity contribution is -0.136. The van der Waals surface area contributed by atoms with Gasteiger partial charge in [-0.3, -0.25) is 9.69 Å². The third-order valence-corrected chi connectivity index (χ3v) is 4.73. The molecule has 4 nitrogen and oxygen atoms in total. The maximum atomic E-state index is 12.5. The molecule has 2 saturated heterocycles. The number of amides is 1. The van der Waals surface area contributed by atoms with E-state index in [9.17, 15) is 4.79 Å². The molecule has 0 aromatic heterocycles. The van der Waals surface area contributed by atoms with Gasteiger partial charge in [-0.25, -0.2) is 0 Å². The summed E-state index contributed by atoms with van der Waals surface area (Å²) < 4.78 is 0. The number of anilines is 1. The van der Waals surface area contributed by atoms with Crippen LogP contribution in [-0.2, 0) is 4.79 Å². The van der Waals surface area contributed by atoms with Crippen molar-refractivity contribution in [3.63, 3.8) is 0 Å². The van der Waals surface area contributed by atoms with E-state index in [4.69, 9.17) is 0 Å². The van der Waals surface area contributed by atoms with Crippen LogP contribution in [0.4, 0.5) is 5.69 Å². The molecule has 2 unspecified atom stereocenters. The van der Waals surface area contributed by atoms with E-state index in [1.165, 1.54) is 25.8 Å². The highest BCUT2D eigenvalue weighted by atomic mass is 35.5. The van der Waals surface area contributed by atoms with Crippen molar-refractivity contribution in [3.05, 3.63) is 30.3 Å². The van der Waals surface area contributed by atoms with Gasteiger partial charge in [0.15, 0.2) is 0 Å². The molecule has 0 saturated carbocycles. The Morgan fingerprint density at radius 2 is 1.91 bits per heavy atom. The van der Waals surface area contributed by atoms with Gasteiger partial charge in [-0.1, -0.05) is 24.6 Å². The maximum absolute atomic E-state index is 12.5. The number of nitrogens with one attached hydrogen (secondary N) is 1. The Morgan fingerprint density at radius 3 is 2.65 bits per heavy atom. The van der Waals surface area contributed by atoms with Gasteiger partial charge in [-0.2, -0.15) is 0 Å². The van der Waals surface area contributed by atoms with Crippen LogP contribution in [0.15, 0.2) is 30.3 Å². The number of piperazine rings is 1. The zero-order valence-electron chi connectivity index (χ0n) is 13.6. The molecule has 2 fully saturated rings. The monoisotopic (exact) mass is 359 g/mol. The third kappa shape index (κ3) is 5.00. The number of nitrogens with zero attached hydrogens (tertiary/aromatic N) is 2. The standard InChI is InChI=1S/C17H25N3O.2ClH/c1-14-12-19-10-6-5-9-16(19)13-20(14)17(21)11-18-15-7-3-2-4-8-15;;/h2-4,7-8,14,16,18H,5-6,9-13H2,1H3;2*1H. The maximum Gasteiger partial charge on any atom is 0.242 e. The van der Waals surface area contributed by atoms with Crippen molar-refractivity contribution in [1.82, 2.24) is 9.80 Å². The van der Waals surface area contributed by atoms with Crippen LogP contribution < -0.4 is 5.32 Å². The van der Waals surface area contributed by atoms with Crippen LogP contribution in [0.3, 0.4) is 0 Å². The van der Waals surface area contributed by atoms with E-state index in [-0.39, 0.29) is 30.7 Å². The van der Waals surface area contributed by atoms with Gasteiger partial charge in [0, 0.05) is 30.9 Å². The highest BCUT2D eigenvalue weighted by Crippen LogP contribution is 2.24. The Balaban J connectivity index is 0.00000132. The molecule has 2 atom stereocenters. The first kappa shape index (κ1) is 20.1. The lowest BCUT2D eigenvalue weighted by Crippen LogP contribution is -2.60. The van der Waals surface area contributed by atoms with E-state index in [1.54, 1.807) is 0 Å². The van der Waals surface area contributed by atoms with Crippen LogP contribution in [0, 0.1) is 0 Å². The smallest absolute Gasteiger partial charge is 0.242 e. The fraction of sp³-hybridized carbons (Fsp3) is 0.588. The molecular weight excluding hydrogens is 333 g/mol. The minimum atomic E-state index is 0.